The lowest BCUT2D eigenvalue weighted by Crippen LogP contribution is -2.51. The highest BCUT2D eigenvalue weighted by Crippen LogP contribution is 2.31. The van der Waals surface area contributed by atoms with E-state index in [1.54, 1.807) is 6.20 Å². The third kappa shape index (κ3) is 5.36. The van der Waals surface area contributed by atoms with E-state index in [1.165, 1.54) is 0 Å². The van der Waals surface area contributed by atoms with Crippen molar-refractivity contribution in [3.63, 3.8) is 0 Å². The minimum absolute atomic E-state index is 0.00466. The lowest BCUT2D eigenvalue weighted by atomic mass is 9.80. The van der Waals surface area contributed by atoms with E-state index < -0.39 is 5.41 Å². The molecule has 2 fully saturated rings. The molecule has 29 heavy (non-hydrogen) atoms. The van der Waals surface area contributed by atoms with Gasteiger partial charge in [0, 0.05) is 57.1 Å². The second-order valence-corrected chi connectivity index (χ2v) is 8.05. The van der Waals surface area contributed by atoms with Gasteiger partial charge in [-0.15, -0.1) is 0 Å². The minimum atomic E-state index is -0.976. The largest absolute Gasteiger partial charge is 0.381 e. The van der Waals surface area contributed by atoms with Crippen LogP contribution in [0.15, 0.2) is 12.4 Å². The molecule has 1 saturated carbocycles. The fourth-order valence-electron chi connectivity index (χ4n) is 4.26. The highest BCUT2D eigenvalue weighted by molar-refractivity contribution is 5.85. The van der Waals surface area contributed by atoms with E-state index in [-0.39, 0.29) is 23.9 Å². The van der Waals surface area contributed by atoms with Crippen molar-refractivity contribution in [3.05, 3.63) is 18.2 Å². The van der Waals surface area contributed by atoms with E-state index in [4.69, 9.17) is 4.74 Å². The number of rotatable bonds is 7. The third-order valence-corrected chi connectivity index (χ3v) is 6.07. The molecule has 8 nitrogen and oxygen atoms in total. The van der Waals surface area contributed by atoms with Crippen LogP contribution in [0.5, 0.6) is 0 Å². The maximum Gasteiger partial charge on any atom is 0.240 e. The molecule has 0 radical (unpaired) electrons. The predicted molar refractivity (Wildman–Crippen MR) is 107 cm³/mol. The van der Waals surface area contributed by atoms with Gasteiger partial charge in [-0.2, -0.15) is 5.26 Å². The SMILES string of the molecule is CCc1nccn1CCC(=O)N[C@@H]1CCC[C@@H](NC(=O)C2(C#N)CCOCC2)C1. The highest BCUT2D eigenvalue weighted by atomic mass is 16.5. The van der Waals surface area contributed by atoms with Crippen LogP contribution in [-0.2, 0) is 27.3 Å². The van der Waals surface area contributed by atoms with Gasteiger partial charge < -0.3 is 19.9 Å². The molecule has 1 aromatic heterocycles. The first-order chi connectivity index (χ1) is 14.1. The Hall–Kier alpha value is -2.40. The van der Waals surface area contributed by atoms with Crippen LogP contribution in [0.1, 0.15) is 57.7 Å². The van der Waals surface area contributed by atoms with Crippen LogP contribution in [0, 0.1) is 16.7 Å². The number of nitrogens with one attached hydrogen (secondary N) is 2. The molecule has 0 bridgehead atoms. The Labute approximate surface area is 172 Å². The fourth-order valence-corrected chi connectivity index (χ4v) is 4.26. The molecule has 8 heteroatoms. The van der Waals surface area contributed by atoms with Gasteiger partial charge in [-0.05, 0) is 38.5 Å². The van der Waals surface area contributed by atoms with E-state index in [0.29, 0.717) is 45.4 Å². The van der Waals surface area contributed by atoms with Gasteiger partial charge in [0.1, 0.15) is 11.2 Å². The van der Waals surface area contributed by atoms with Gasteiger partial charge >= 0.3 is 0 Å². The Balaban J connectivity index is 1.47. The van der Waals surface area contributed by atoms with Crippen molar-refractivity contribution < 1.29 is 14.3 Å². The number of carbonyl (C=O) groups is 2. The molecular formula is C21H31N5O3. The lowest BCUT2D eigenvalue weighted by Gasteiger charge is -2.34. The Kier molecular flexibility index (Phi) is 7.26. The van der Waals surface area contributed by atoms with E-state index in [9.17, 15) is 14.9 Å². The Morgan fingerprint density at radius 3 is 2.72 bits per heavy atom. The molecule has 1 aliphatic heterocycles. The van der Waals surface area contributed by atoms with Crippen LogP contribution in [0.3, 0.4) is 0 Å². The van der Waals surface area contributed by atoms with Crippen molar-refractivity contribution in [2.24, 2.45) is 5.41 Å². The van der Waals surface area contributed by atoms with Crippen LogP contribution in [0.2, 0.25) is 0 Å². The van der Waals surface area contributed by atoms with Crippen LogP contribution < -0.4 is 10.6 Å². The molecule has 2 atom stereocenters. The van der Waals surface area contributed by atoms with Gasteiger partial charge in [-0.25, -0.2) is 4.98 Å². The number of hydrogen-bond donors (Lipinski definition) is 2. The van der Waals surface area contributed by atoms with Crippen molar-refractivity contribution >= 4 is 11.8 Å². The molecule has 0 unspecified atom stereocenters. The number of nitrogens with zero attached hydrogens (tertiary/aromatic N) is 3. The summed E-state index contributed by atoms with van der Waals surface area (Å²) in [6, 6.07) is 2.27. The van der Waals surface area contributed by atoms with Crippen molar-refractivity contribution in [2.75, 3.05) is 13.2 Å². The minimum Gasteiger partial charge on any atom is -0.381 e. The molecule has 2 heterocycles. The smallest absolute Gasteiger partial charge is 0.240 e. The van der Waals surface area contributed by atoms with Crippen LogP contribution in [-0.4, -0.2) is 46.7 Å². The Morgan fingerprint density at radius 2 is 2.03 bits per heavy atom. The van der Waals surface area contributed by atoms with Gasteiger partial charge in [0.2, 0.25) is 11.8 Å². The van der Waals surface area contributed by atoms with Crippen molar-refractivity contribution in [1.29, 1.82) is 5.26 Å². The summed E-state index contributed by atoms with van der Waals surface area (Å²) < 4.78 is 7.32. The molecule has 2 aliphatic rings. The van der Waals surface area contributed by atoms with Gasteiger partial charge in [-0.1, -0.05) is 6.92 Å². The molecule has 2 amide bonds. The summed E-state index contributed by atoms with van der Waals surface area (Å²) in [6.07, 6.45) is 9.25. The molecule has 1 aromatic rings. The van der Waals surface area contributed by atoms with Crippen molar-refractivity contribution in [3.8, 4) is 6.07 Å². The molecule has 0 spiro atoms. The van der Waals surface area contributed by atoms with Crippen molar-refractivity contribution in [1.82, 2.24) is 20.2 Å². The molecule has 1 aliphatic carbocycles. The van der Waals surface area contributed by atoms with Crippen LogP contribution >= 0.6 is 0 Å². The zero-order valence-electron chi connectivity index (χ0n) is 17.2. The predicted octanol–water partition coefficient (Wildman–Crippen LogP) is 1.70. The zero-order chi connectivity index (χ0) is 20.7. The highest BCUT2D eigenvalue weighted by Gasteiger charge is 2.41. The number of amides is 2. The number of hydrogen-bond acceptors (Lipinski definition) is 5. The molecule has 1 saturated heterocycles. The second kappa shape index (κ2) is 9.88. The maximum absolute atomic E-state index is 12.8. The molecule has 158 valence electrons. The molecular weight excluding hydrogens is 370 g/mol. The van der Waals surface area contributed by atoms with Gasteiger partial charge in [0.15, 0.2) is 0 Å². The number of aryl methyl sites for hydroxylation is 2. The zero-order valence-corrected chi connectivity index (χ0v) is 17.2. The maximum atomic E-state index is 12.8. The Morgan fingerprint density at radius 1 is 1.31 bits per heavy atom. The van der Waals surface area contributed by atoms with E-state index >= 15 is 0 Å². The summed E-state index contributed by atoms with van der Waals surface area (Å²) in [5.74, 6) is 0.820. The number of imidazole rings is 1. The molecule has 2 N–H and O–H groups in total. The average molecular weight is 402 g/mol. The van der Waals surface area contributed by atoms with Crippen molar-refractivity contribution in [2.45, 2.75) is 76.9 Å². The normalized spacial score (nSPS) is 23.7. The first-order valence-electron chi connectivity index (χ1n) is 10.7. The van der Waals surface area contributed by atoms with Gasteiger partial charge in [0.25, 0.3) is 0 Å². The molecule has 0 aromatic carbocycles. The van der Waals surface area contributed by atoms with E-state index in [2.05, 4.69) is 21.7 Å². The second-order valence-electron chi connectivity index (χ2n) is 8.05. The first kappa shape index (κ1) is 21.3. The lowest BCUT2D eigenvalue weighted by molar-refractivity contribution is -0.133. The number of nitriles is 1. The summed E-state index contributed by atoms with van der Waals surface area (Å²) in [5, 5.41) is 15.7. The van der Waals surface area contributed by atoms with Crippen LogP contribution in [0.4, 0.5) is 0 Å². The van der Waals surface area contributed by atoms with Crippen LogP contribution in [0.25, 0.3) is 0 Å². The summed E-state index contributed by atoms with van der Waals surface area (Å²) in [7, 11) is 0. The summed E-state index contributed by atoms with van der Waals surface area (Å²) >= 11 is 0. The Bertz CT molecular complexity index is 748. The first-order valence-corrected chi connectivity index (χ1v) is 10.7. The topological polar surface area (TPSA) is 109 Å². The fraction of sp³-hybridized carbons (Fsp3) is 0.714. The number of carbonyl (C=O) groups excluding carboxylic acids is 2. The average Bonchev–Trinajstić information content (AvgIpc) is 3.20. The van der Waals surface area contributed by atoms with E-state index in [0.717, 1.165) is 31.5 Å². The third-order valence-electron chi connectivity index (χ3n) is 6.07. The quantitative estimate of drug-likeness (QED) is 0.723. The summed E-state index contributed by atoms with van der Waals surface area (Å²) in [6.45, 7) is 3.56. The van der Waals surface area contributed by atoms with E-state index in [1.807, 2.05) is 17.7 Å². The van der Waals surface area contributed by atoms with Gasteiger partial charge in [-0.3, -0.25) is 9.59 Å². The van der Waals surface area contributed by atoms with Gasteiger partial charge in [0.05, 0.1) is 6.07 Å². The standard InChI is InChI=1S/C21H31N5O3/c1-2-18-23-9-11-26(18)10-6-19(27)24-16-4-3-5-17(14-16)25-20(28)21(15-22)7-12-29-13-8-21/h9,11,16-17H,2-8,10,12-14H2,1H3,(H,24,27)(H,25,28)/t16-,17-/m1/s1. The number of ether oxygens (including phenoxy) is 1. The summed E-state index contributed by atoms with van der Waals surface area (Å²) in [4.78, 5) is 29.4. The monoisotopic (exact) mass is 401 g/mol. The molecule has 3 rings (SSSR count). The summed E-state index contributed by atoms with van der Waals surface area (Å²) in [5.41, 5.74) is -0.976. The number of aromatic nitrogens is 2.